The maximum Gasteiger partial charge on any atom is 0.338 e. The maximum absolute atomic E-state index is 12.1. The van der Waals surface area contributed by atoms with Gasteiger partial charge < -0.3 is 9.47 Å². The van der Waals surface area contributed by atoms with Crippen LogP contribution in [-0.2, 0) is 16.1 Å². The molecule has 2 aromatic rings. The van der Waals surface area contributed by atoms with Crippen molar-refractivity contribution in [3.63, 3.8) is 0 Å². The number of rotatable bonds is 5. The molecule has 0 saturated carbocycles. The third-order valence-corrected chi connectivity index (χ3v) is 3.24. The second-order valence-electron chi connectivity index (χ2n) is 5.08. The molecule has 7 heteroatoms. The summed E-state index contributed by atoms with van der Waals surface area (Å²) in [7, 11) is 1.15. The van der Waals surface area contributed by atoms with E-state index in [0.29, 0.717) is 0 Å². The molecule has 0 aromatic heterocycles. The Morgan fingerprint density at radius 3 is 2.33 bits per heavy atom. The molecule has 0 amide bonds. The van der Waals surface area contributed by atoms with E-state index in [4.69, 9.17) is 4.74 Å². The molecule has 0 heterocycles. The number of carbonyl (C=O) groups is 2. The predicted molar refractivity (Wildman–Crippen MR) is 84.7 cm³/mol. The minimum absolute atomic E-state index is 0.0246. The van der Waals surface area contributed by atoms with Crippen molar-refractivity contribution in [3.05, 3.63) is 74.8 Å². The lowest BCUT2D eigenvalue weighted by molar-refractivity contribution is -0.384. The molecule has 0 radical (unpaired) electrons. The monoisotopic (exact) mass is 329 g/mol. The van der Waals surface area contributed by atoms with Gasteiger partial charge in [-0.15, -0.1) is 0 Å². The molecule has 0 aliphatic rings. The molecule has 124 valence electrons. The molecule has 0 saturated heterocycles. The molecule has 0 bridgehead atoms. The topological polar surface area (TPSA) is 95.7 Å². The standard InChI is InChI=1S/C17H15NO6/c1-11-4-3-5-12(6-11)10-24-17(20)14-7-13(16(19)23-2)8-15(9-14)18(21)22/h3-9H,10H2,1-2H3. The van der Waals surface area contributed by atoms with Gasteiger partial charge in [-0.2, -0.15) is 0 Å². The SMILES string of the molecule is COC(=O)c1cc(C(=O)OCc2cccc(C)c2)cc([N+](=O)[O-])c1. The first-order valence-electron chi connectivity index (χ1n) is 7.01. The van der Waals surface area contributed by atoms with Crippen molar-refractivity contribution < 1.29 is 24.0 Å². The van der Waals surface area contributed by atoms with Gasteiger partial charge in [-0.1, -0.05) is 29.8 Å². The molecule has 0 N–H and O–H groups in total. The molecule has 2 rings (SSSR count). The Morgan fingerprint density at radius 2 is 1.75 bits per heavy atom. The highest BCUT2D eigenvalue weighted by Crippen LogP contribution is 2.19. The smallest absolute Gasteiger partial charge is 0.338 e. The molecule has 0 aliphatic carbocycles. The van der Waals surface area contributed by atoms with E-state index in [1.54, 1.807) is 6.07 Å². The first kappa shape index (κ1) is 17.1. The number of hydrogen-bond donors (Lipinski definition) is 0. The number of nitro groups is 1. The minimum Gasteiger partial charge on any atom is -0.465 e. The Balaban J connectivity index is 2.23. The lowest BCUT2D eigenvalue weighted by Gasteiger charge is -2.07. The molecule has 0 fully saturated rings. The van der Waals surface area contributed by atoms with Crippen LogP contribution in [0.15, 0.2) is 42.5 Å². The summed E-state index contributed by atoms with van der Waals surface area (Å²) in [5.41, 5.74) is 1.25. The normalized spacial score (nSPS) is 10.1. The van der Waals surface area contributed by atoms with Gasteiger partial charge in [0.25, 0.3) is 5.69 Å². The number of benzene rings is 2. The van der Waals surface area contributed by atoms with Gasteiger partial charge in [-0.05, 0) is 18.6 Å². The van der Waals surface area contributed by atoms with Gasteiger partial charge in [0.2, 0.25) is 0 Å². The lowest BCUT2D eigenvalue weighted by Crippen LogP contribution is -2.09. The summed E-state index contributed by atoms with van der Waals surface area (Å²) in [6.07, 6.45) is 0. The zero-order chi connectivity index (χ0) is 17.7. The number of ether oxygens (including phenoxy) is 2. The minimum atomic E-state index is -0.772. The Kier molecular flexibility index (Phi) is 5.26. The van der Waals surface area contributed by atoms with E-state index in [9.17, 15) is 19.7 Å². The van der Waals surface area contributed by atoms with Gasteiger partial charge in [-0.25, -0.2) is 9.59 Å². The number of aryl methyl sites for hydroxylation is 1. The molecule has 0 atom stereocenters. The largest absolute Gasteiger partial charge is 0.465 e. The Hall–Kier alpha value is -3.22. The number of hydrogen-bond acceptors (Lipinski definition) is 6. The molecule has 7 nitrogen and oxygen atoms in total. The van der Waals surface area contributed by atoms with Gasteiger partial charge >= 0.3 is 11.9 Å². The number of methoxy groups -OCH3 is 1. The predicted octanol–water partition coefficient (Wildman–Crippen LogP) is 3.05. The van der Waals surface area contributed by atoms with Crippen molar-refractivity contribution in [1.29, 1.82) is 0 Å². The summed E-state index contributed by atoms with van der Waals surface area (Å²) in [5, 5.41) is 11.0. The number of nitro benzene ring substituents is 1. The van der Waals surface area contributed by atoms with Gasteiger partial charge in [0.15, 0.2) is 0 Å². The van der Waals surface area contributed by atoms with E-state index in [1.807, 2.05) is 25.1 Å². The molecular weight excluding hydrogens is 314 g/mol. The van der Waals surface area contributed by atoms with E-state index >= 15 is 0 Å². The number of nitrogens with zero attached hydrogens (tertiary/aromatic N) is 1. The van der Waals surface area contributed by atoms with Crippen LogP contribution in [0.25, 0.3) is 0 Å². The fourth-order valence-corrected chi connectivity index (χ4v) is 2.10. The van der Waals surface area contributed by atoms with Crippen LogP contribution in [0.3, 0.4) is 0 Å². The van der Waals surface area contributed by atoms with Gasteiger partial charge in [-0.3, -0.25) is 10.1 Å². The number of non-ortho nitro benzene ring substituents is 1. The van der Waals surface area contributed by atoms with Crippen molar-refractivity contribution in [2.75, 3.05) is 7.11 Å². The molecule has 2 aromatic carbocycles. The van der Waals surface area contributed by atoms with Crippen LogP contribution in [0.1, 0.15) is 31.8 Å². The average Bonchev–Trinajstić information content (AvgIpc) is 2.58. The van der Waals surface area contributed by atoms with Crippen LogP contribution < -0.4 is 0 Å². The number of carbonyl (C=O) groups excluding carboxylic acids is 2. The second kappa shape index (κ2) is 7.36. The zero-order valence-electron chi connectivity index (χ0n) is 13.1. The van der Waals surface area contributed by atoms with E-state index in [2.05, 4.69) is 4.74 Å². The first-order chi connectivity index (χ1) is 11.4. The van der Waals surface area contributed by atoms with E-state index in [0.717, 1.165) is 30.4 Å². The van der Waals surface area contributed by atoms with E-state index in [1.165, 1.54) is 6.07 Å². The van der Waals surface area contributed by atoms with Crippen LogP contribution in [-0.4, -0.2) is 24.0 Å². The number of esters is 2. The summed E-state index contributed by atoms with van der Waals surface area (Å²) in [4.78, 5) is 34.0. The van der Waals surface area contributed by atoms with Gasteiger partial charge in [0.1, 0.15) is 6.61 Å². The molecular formula is C17H15NO6. The zero-order valence-corrected chi connectivity index (χ0v) is 13.1. The maximum atomic E-state index is 12.1. The van der Waals surface area contributed by atoms with Crippen LogP contribution in [0.4, 0.5) is 5.69 Å². The van der Waals surface area contributed by atoms with E-state index in [-0.39, 0.29) is 23.4 Å². The Labute approximate surface area is 138 Å². The third kappa shape index (κ3) is 4.16. The molecule has 24 heavy (non-hydrogen) atoms. The summed E-state index contributed by atoms with van der Waals surface area (Å²) in [6, 6.07) is 10.7. The van der Waals surface area contributed by atoms with Crippen molar-refractivity contribution >= 4 is 17.6 Å². The second-order valence-corrected chi connectivity index (χ2v) is 5.08. The van der Waals surface area contributed by atoms with Crippen molar-refractivity contribution in [1.82, 2.24) is 0 Å². The summed E-state index contributed by atoms with van der Waals surface area (Å²) in [6.45, 7) is 1.94. The Morgan fingerprint density at radius 1 is 1.08 bits per heavy atom. The van der Waals surface area contributed by atoms with Crippen molar-refractivity contribution in [2.24, 2.45) is 0 Å². The van der Waals surface area contributed by atoms with Crippen molar-refractivity contribution in [2.45, 2.75) is 13.5 Å². The highest BCUT2D eigenvalue weighted by atomic mass is 16.6. The lowest BCUT2D eigenvalue weighted by atomic mass is 10.1. The Bertz CT molecular complexity index is 799. The van der Waals surface area contributed by atoms with Crippen LogP contribution in [0.2, 0.25) is 0 Å². The van der Waals surface area contributed by atoms with Crippen LogP contribution >= 0.6 is 0 Å². The summed E-state index contributed by atoms with van der Waals surface area (Å²) in [5.74, 6) is -1.53. The van der Waals surface area contributed by atoms with Gasteiger partial charge in [0, 0.05) is 12.1 Å². The van der Waals surface area contributed by atoms with Crippen LogP contribution in [0.5, 0.6) is 0 Å². The first-order valence-corrected chi connectivity index (χ1v) is 7.01. The molecule has 0 unspecified atom stereocenters. The van der Waals surface area contributed by atoms with Crippen molar-refractivity contribution in [3.8, 4) is 0 Å². The van der Waals surface area contributed by atoms with Gasteiger partial charge in [0.05, 0.1) is 23.2 Å². The summed E-state index contributed by atoms with van der Waals surface area (Å²) < 4.78 is 9.69. The molecule has 0 aliphatic heterocycles. The summed E-state index contributed by atoms with van der Waals surface area (Å²) >= 11 is 0. The fraction of sp³-hybridized carbons (Fsp3) is 0.176. The third-order valence-electron chi connectivity index (χ3n) is 3.24. The van der Waals surface area contributed by atoms with Crippen LogP contribution in [0, 0.1) is 17.0 Å². The van der Waals surface area contributed by atoms with E-state index < -0.39 is 16.9 Å². The molecule has 0 spiro atoms. The fourth-order valence-electron chi connectivity index (χ4n) is 2.10. The highest BCUT2D eigenvalue weighted by molar-refractivity contribution is 5.96. The average molecular weight is 329 g/mol. The quantitative estimate of drug-likeness (QED) is 0.475. The highest BCUT2D eigenvalue weighted by Gasteiger charge is 2.19.